The molecule has 1 N–H and O–H groups in total. The Morgan fingerprint density at radius 3 is 2.27 bits per heavy atom. The molecular weight excluding hydrogens is 284 g/mol. The molecule has 6 nitrogen and oxygen atoms in total. The lowest BCUT2D eigenvalue weighted by Gasteiger charge is -2.42. The second-order valence-electron chi connectivity index (χ2n) is 7.53. The van der Waals surface area contributed by atoms with E-state index in [2.05, 4.69) is 4.90 Å². The largest absolute Gasteiger partial charge is 0.448 e. The van der Waals surface area contributed by atoms with Gasteiger partial charge < -0.3 is 14.7 Å². The van der Waals surface area contributed by atoms with Crippen LogP contribution >= 0.6 is 0 Å². The number of carbonyl (C=O) groups excluding carboxylic acids is 2. The van der Waals surface area contributed by atoms with Crippen LogP contribution in [0, 0.1) is 10.8 Å². The number of fused-ring (bicyclic) bond motifs is 2. The molecule has 2 bridgehead atoms. The van der Waals surface area contributed by atoms with Crippen LogP contribution in [0.25, 0.3) is 0 Å². The highest BCUT2D eigenvalue weighted by Gasteiger charge is 2.76. The van der Waals surface area contributed by atoms with Gasteiger partial charge in [-0.25, -0.2) is 0 Å². The van der Waals surface area contributed by atoms with Gasteiger partial charge in [-0.2, -0.15) is 0 Å². The van der Waals surface area contributed by atoms with Gasteiger partial charge in [0.05, 0.1) is 12.0 Å². The number of amides is 1. The predicted molar refractivity (Wildman–Crippen MR) is 80.1 cm³/mol. The smallest absolute Gasteiger partial charge is 0.313 e. The zero-order valence-electron chi connectivity index (χ0n) is 13.7. The minimum Gasteiger partial charge on any atom is -0.448 e. The molecular formula is C16H26N2O4. The fourth-order valence-corrected chi connectivity index (χ4v) is 4.29. The molecule has 3 aliphatic rings. The standard InChI is InChI=1S/C16H26N2O4/c1-14(2)15(3)4-5-16(14,22-13(15)21)12(20)18-8-6-17(7-9-18)10-11-19/h19H,4-11H2,1-3H3. The van der Waals surface area contributed by atoms with Crippen molar-refractivity contribution >= 4 is 11.9 Å². The maximum atomic E-state index is 13.1. The van der Waals surface area contributed by atoms with Crippen molar-refractivity contribution in [2.24, 2.45) is 10.8 Å². The summed E-state index contributed by atoms with van der Waals surface area (Å²) >= 11 is 0. The number of nitrogens with zero attached hydrogens (tertiary/aromatic N) is 2. The van der Waals surface area contributed by atoms with Crippen LogP contribution in [0.4, 0.5) is 0 Å². The first-order chi connectivity index (χ1) is 10.3. The summed E-state index contributed by atoms with van der Waals surface area (Å²) in [6, 6.07) is 0. The Labute approximate surface area is 131 Å². The van der Waals surface area contributed by atoms with Gasteiger partial charge in [0.25, 0.3) is 5.91 Å². The highest BCUT2D eigenvalue weighted by Crippen LogP contribution is 2.65. The number of ether oxygens (including phenoxy) is 1. The van der Waals surface area contributed by atoms with Crippen molar-refractivity contribution in [2.45, 2.75) is 39.2 Å². The number of hydrogen-bond donors (Lipinski definition) is 1. The molecule has 6 heteroatoms. The van der Waals surface area contributed by atoms with E-state index < -0.39 is 16.4 Å². The van der Waals surface area contributed by atoms with Gasteiger partial charge in [-0.3, -0.25) is 14.5 Å². The summed E-state index contributed by atoms with van der Waals surface area (Å²) in [6.07, 6.45) is 1.34. The average molecular weight is 310 g/mol. The van der Waals surface area contributed by atoms with Crippen molar-refractivity contribution in [1.29, 1.82) is 0 Å². The molecule has 0 aromatic carbocycles. The van der Waals surface area contributed by atoms with Crippen LogP contribution < -0.4 is 0 Å². The van der Waals surface area contributed by atoms with E-state index in [0.717, 1.165) is 19.5 Å². The van der Waals surface area contributed by atoms with Gasteiger partial charge in [0.1, 0.15) is 0 Å². The molecule has 2 heterocycles. The van der Waals surface area contributed by atoms with E-state index in [4.69, 9.17) is 9.84 Å². The molecule has 2 atom stereocenters. The summed E-state index contributed by atoms with van der Waals surface area (Å²) in [4.78, 5) is 29.4. The molecule has 3 fully saturated rings. The molecule has 2 aliphatic heterocycles. The molecule has 0 spiro atoms. The Morgan fingerprint density at radius 2 is 1.82 bits per heavy atom. The maximum Gasteiger partial charge on any atom is 0.313 e. The van der Waals surface area contributed by atoms with Gasteiger partial charge in [0.15, 0.2) is 5.60 Å². The summed E-state index contributed by atoms with van der Waals surface area (Å²) in [7, 11) is 0. The monoisotopic (exact) mass is 310 g/mol. The van der Waals surface area contributed by atoms with Crippen LogP contribution in [0.3, 0.4) is 0 Å². The van der Waals surface area contributed by atoms with Crippen molar-refractivity contribution in [3.05, 3.63) is 0 Å². The molecule has 3 rings (SSSR count). The Morgan fingerprint density at radius 1 is 1.18 bits per heavy atom. The summed E-state index contributed by atoms with van der Waals surface area (Å²) in [6.45, 7) is 9.47. The third-order valence-electron chi connectivity index (χ3n) is 6.50. The van der Waals surface area contributed by atoms with E-state index in [1.165, 1.54) is 0 Å². The van der Waals surface area contributed by atoms with Crippen molar-refractivity contribution in [2.75, 3.05) is 39.3 Å². The van der Waals surface area contributed by atoms with E-state index in [9.17, 15) is 9.59 Å². The molecule has 124 valence electrons. The maximum absolute atomic E-state index is 13.1. The van der Waals surface area contributed by atoms with Crippen molar-refractivity contribution in [3.63, 3.8) is 0 Å². The minimum atomic E-state index is -0.988. The number of aliphatic hydroxyl groups excluding tert-OH is 1. The first kappa shape index (κ1) is 15.7. The third-order valence-corrected chi connectivity index (χ3v) is 6.50. The summed E-state index contributed by atoms with van der Waals surface area (Å²) < 4.78 is 5.67. The minimum absolute atomic E-state index is 0.0317. The molecule has 2 unspecified atom stereocenters. The lowest BCUT2D eigenvalue weighted by Crippen LogP contribution is -2.59. The highest BCUT2D eigenvalue weighted by molar-refractivity contribution is 5.96. The molecule has 1 amide bonds. The molecule has 1 aliphatic carbocycles. The zero-order chi connectivity index (χ0) is 16.2. The number of aliphatic hydroxyl groups is 1. The van der Waals surface area contributed by atoms with Gasteiger partial charge >= 0.3 is 5.97 Å². The number of rotatable bonds is 3. The second kappa shape index (κ2) is 4.93. The fraction of sp³-hybridized carbons (Fsp3) is 0.875. The molecule has 2 saturated heterocycles. The van der Waals surface area contributed by atoms with Gasteiger partial charge in [0, 0.05) is 38.1 Å². The van der Waals surface area contributed by atoms with Crippen LogP contribution in [-0.2, 0) is 14.3 Å². The quantitative estimate of drug-likeness (QED) is 0.757. The number of esters is 1. The van der Waals surface area contributed by atoms with Crippen molar-refractivity contribution in [1.82, 2.24) is 9.80 Å². The number of piperazine rings is 1. The number of carbonyl (C=O) groups is 2. The lowest BCUT2D eigenvalue weighted by molar-refractivity contribution is -0.175. The topological polar surface area (TPSA) is 70.1 Å². The first-order valence-corrected chi connectivity index (χ1v) is 8.14. The van der Waals surface area contributed by atoms with Crippen LogP contribution in [0.15, 0.2) is 0 Å². The summed E-state index contributed by atoms with van der Waals surface area (Å²) in [5.74, 6) is -0.258. The molecule has 0 aromatic heterocycles. The molecule has 0 aromatic rings. The van der Waals surface area contributed by atoms with Gasteiger partial charge in [0.2, 0.25) is 0 Å². The van der Waals surface area contributed by atoms with Crippen LogP contribution in [0.2, 0.25) is 0 Å². The zero-order valence-corrected chi connectivity index (χ0v) is 13.7. The Kier molecular flexibility index (Phi) is 3.53. The SMILES string of the molecule is CC12CCC(C(=O)N3CCN(CCO)CC3)(OC1=O)C2(C)C. The second-order valence-corrected chi connectivity index (χ2v) is 7.53. The van der Waals surface area contributed by atoms with E-state index >= 15 is 0 Å². The lowest BCUT2D eigenvalue weighted by atomic mass is 9.66. The van der Waals surface area contributed by atoms with E-state index in [0.29, 0.717) is 26.1 Å². The Bertz CT molecular complexity index is 498. The first-order valence-electron chi connectivity index (χ1n) is 8.14. The van der Waals surface area contributed by atoms with E-state index in [1.54, 1.807) is 0 Å². The predicted octanol–water partition coefficient (Wildman–Crippen LogP) is 0.245. The van der Waals surface area contributed by atoms with Gasteiger partial charge in [-0.1, -0.05) is 13.8 Å². The Balaban J connectivity index is 1.77. The van der Waals surface area contributed by atoms with Crippen LogP contribution in [0.1, 0.15) is 33.6 Å². The van der Waals surface area contributed by atoms with E-state index in [1.807, 2.05) is 25.7 Å². The normalized spacial score (nSPS) is 37.5. The summed E-state index contributed by atoms with van der Waals surface area (Å²) in [5, 5.41) is 9.00. The highest BCUT2D eigenvalue weighted by atomic mass is 16.6. The number of β-amino-alcohol motifs (C(OH)–C–C–N with tert-alkyl or cyclic N) is 1. The number of hydrogen-bond acceptors (Lipinski definition) is 5. The van der Waals surface area contributed by atoms with Crippen molar-refractivity contribution in [3.8, 4) is 0 Å². The van der Waals surface area contributed by atoms with E-state index in [-0.39, 0.29) is 18.5 Å². The van der Waals surface area contributed by atoms with Crippen LogP contribution in [0.5, 0.6) is 0 Å². The third kappa shape index (κ3) is 1.80. The summed E-state index contributed by atoms with van der Waals surface area (Å²) in [5.41, 5.74) is -2.02. The van der Waals surface area contributed by atoms with Crippen molar-refractivity contribution < 1.29 is 19.4 Å². The fourth-order valence-electron chi connectivity index (χ4n) is 4.29. The Hall–Kier alpha value is -1.14. The van der Waals surface area contributed by atoms with Crippen LogP contribution in [-0.4, -0.2) is 71.7 Å². The molecule has 22 heavy (non-hydrogen) atoms. The molecule has 0 radical (unpaired) electrons. The van der Waals surface area contributed by atoms with Gasteiger partial charge in [-0.15, -0.1) is 0 Å². The molecule has 1 saturated carbocycles. The average Bonchev–Trinajstić information content (AvgIpc) is 2.78. The van der Waals surface area contributed by atoms with Gasteiger partial charge in [-0.05, 0) is 19.8 Å².